The van der Waals surface area contributed by atoms with Crippen LogP contribution in [0.2, 0.25) is 0 Å². The van der Waals surface area contributed by atoms with Crippen LogP contribution in [0.1, 0.15) is 21.9 Å². The van der Waals surface area contributed by atoms with Crippen LogP contribution in [0.15, 0.2) is 73.1 Å². The number of ether oxygens (including phenoxy) is 2. The lowest BCUT2D eigenvalue weighted by Crippen LogP contribution is -2.42. The summed E-state index contributed by atoms with van der Waals surface area (Å²) in [6.07, 6.45) is 3.38. The summed E-state index contributed by atoms with van der Waals surface area (Å²) >= 11 is 1.48. The van der Waals surface area contributed by atoms with Gasteiger partial charge in [0, 0.05) is 42.7 Å². The summed E-state index contributed by atoms with van der Waals surface area (Å²) in [5.74, 6) is 1.66. The fraction of sp³-hybridized carbons (Fsp3) is 0.241. The van der Waals surface area contributed by atoms with Crippen LogP contribution < -0.4 is 19.7 Å². The number of aromatic nitrogens is 3. The van der Waals surface area contributed by atoms with Gasteiger partial charge in [-0.3, -0.25) is 24.2 Å². The molecule has 0 saturated carbocycles. The number of methoxy groups -OCH3 is 2. The van der Waals surface area contributed by atoms with Gasteiger partial charge < -0.3 is 14.8 Å². The van der Waals surface area contributed by atoms with Crippen molar-refractivity contribution >= 4 is 29.4 Å². The van der Waals surface area contributed by atoms with Crippen molar-refractivity contribution in [3.8, 4) is 22.8 Å². The standard InChI is InChI=1S/C29H29N5O4S/c1-33-29-26(27(32-33)20-9-5-4-6-10-20)28(22-14-21(37-2)11-12-23(22)38-3)39-18-25(36)34(29)17-24(35)31-16-19-8-7-13-30-15-19/h4-15,28H,16-18H2,1-3H3,(H,31,35). The van der Waals surface area contributed by atoms with Gasteiger partial charge in [-0.2, -0.15) is 5.10 Å². The second-order valence-corrected chi connectivity index (χ2v) is 10.1. The molecule has 1 aliphatic heterocycles. The van der Waals surface area contributed by atoms with Crippen LogP contribution >= 0.6 is 11.8 Å². The van der Waals surface area contributed by atoms with E-state index >= 15 is 0 Å². The van der Waals surface area contributed by atoms with Gasteiger partial charge in [0.15, 0.2) is 0 Å². The van der Waals surface area contributed by atoms with E-state index in [9.17, 15) is 9.59 Å². The van der Waals surface area contributed by atoms with Crippen molar-refractivity contribution in [2.45, 2.75) is 11.8 Å². The molecule has 3 heterocycles. The molecule has 39 heavy (non-hydrogen) atoms. The SMILES string of the molecule is COc1ccc(OC)c(C2SCC(=O)N(CC(=O)NCc3cccnc3)c3c2c(-c2ccccc2)nn3C)c1. The Morgan fingerprint density at radius 2 is 1.92 bits per heavy atom. The van der Waals surface area contributed by atoms with Gasteiger partial charge in [-0.05, 0) is 29.8 Å². The molecule has 0 saturated heterocycles. The summed E-state index contributed by atoms with van der Waals surface area (Å²) in [7, 11) is 5.04. The molecule has 0 aliphatic carbocycles. The van der Waals surface area contributed by atoms with Gasteiger partial charge in [0.05, 0.1) is 30.9 Å². The molecule has 1 atom stereocenters. The zero-order valence-electron chi connectivity index (χ0n) is 22.0. The maximum atomic E-state index is 13.6. The highest BCUT2D eigenvalue weighted by molar-refractivity contribution is 8.00. The minimum atomic E-state index is -0.304. The molecule has 2 amide bonds. The highest BCUT2D eigenvalue weighted by atomic mass is 32.2. The Morgan fingerprint density at radius 1 is 1.10 bits per heavy atom. The fourth-order valence-corrected chi connectivity index (χ4v) is 5.90. The van der Waals surface area contributed by atoms with Gasteiger partial charge in [0.1, 0.15) is 23.9 Å². The molecule has 1 N–H and O–H groups in total. The highest BCUT2D eigenvalue weighted by Gasteiger charge is 2.37. The van der Waals surface area contributed by atoms with Crippen molar-refractivity contribution in [3.05, 3.63) is 89.7 Å². The van der Waals surface area contributed by atoms with Crippen LogP contribution in [-0.2, 0) is 23.2 Å². The van der Waals surface area contributed by atoms with Crippen molar-refractivity contribution in [3.63, 3.8) is 0 Å². The van der Waals surface area contributed by atoms with E-state index in [4.69, 9.17) is 14.6 Å². The Bertz CT molecular complexity index is 1480. The molecule has 0 spiro atoms. The lowest BCUT2D eigenvalue weighted by molar-refractivity contribution is -0.123. The Kier molecular flexibility index (Phi) is 7.83. The van der Waals surface area contributed by atoms with Gasteiger partial charge in [0.2, 0.25) is 11.8 Å². The first-order valence-corrected chi connectivity index (χ1v) is 13.5. The van der Waals surface area contributed by atoms with Crippen LogP contribution in [0, 0.1) is 0 Å². The number of fused-ring (bicyclic) bond motifs is 1. The molecular weight excluding hydrogens is 514 g/mol. The normalized spacial score (nSPS) is 14.9. The first-order chi connectivity index (χ1) is 19.0. The summed E-state index contributed by atoms with van der Waals surface area (Å²) in [5, 5.41) is 7.46. The topological polar surface area (TPSA) is 98.6 Å². The number of rotatable bonds is 8. The fourth-order valence-electron chi connectivity index (χ4n) is 4.69. The third kappa shape index (κ3) is 5.46. The predicted molar refractivity (Wildman–Crippen MR) is 151 cm³/mol. The lowest BCUT2D eigenvalue weighted by atomic mass is 9.98. The Balaban J connectivity index is 1.59. The van der Waals surface area contributed by atoms with E-state index in [1.807, 2.05) is 60.7 Å². The number of nitrogens with zero attached hydrogens (tertiary/aromatic N) is 4. The van der Waals surface area contributed by atoms with E-state index in [0.29, 0.717) is 23.9 Å². The third-order valence-corrected chi connectivity index (χ3v) is 7.76. The first-order valence-electron chi connectivity index (χ1n) is 12.4. The Hall–Kier alpha value is -4.31. The quantitative estimate of drug-likeness (QED) is 0.359. The summed E-state index contributed by atoms with van der Waals surface area (Å²) < 4.78 is 12.9. The van der Waals surface area contributed by atoms with Crippen LogP contribution in [0.4, 0.5) is 5.82 Å². The molecular formula is C29H29N5O4S. The highest BCUT2D eigenvalue weighted by Crippen LogP contribution is 2.50. The summed E-state index contributed by atoms with van der Waals surface area (Å²) in [6.45, 7) is 0.184. The Labute approximate surface area is 231 Å². The number of carbonyl (C=O) groups excluding carboxylic acids is 2. The number of aryl methyl sites for hydroxylation is 1. The van der Waals surface area contributed by atoms with Crippen LogP contribution in [0.5, 0.6) is 11.5 Å². The average molecular weight is 544 g/mol. The van der Waals surface area contributed by atoms with Crippen LogP contribution in [0.25, 0.3) is 11.3 Å². The van der Waals surface area contributed by atoms with E-state index in [0.717, 1.165) is 27.9 Å². The largest absolute Gasteiger partial charge is 0.497 e. The lowest BCUT2D eigenvalue weighted by Gasteiger charge is -2.23. The summed E-state index contributed by atoms with van der Waals surface area (Å²) in [6, 6.07) is 19.2. The first kappa shape index (κ1) is 26.3. The molecule has 0 fully saturated rings. The van der Waals surface area contributed by atoms with E-state index in [1.165, 1.54) is 16.7 Å². The number of amides is 2. The number of anilines is 1. The number of hydrogen-bond donors (Lipinski definition) is 1. The number of hydrogen-bond acceptors (Lipinski definition) is 7. The van der Waals surface area contributed by atoms with Crippen molar-refractivity contribution in [2.24, 2.45) is 7.05 Å². The van der Waals surface area contributed by atoms with Crippen molar-refractivity contribution in [1.82, 2.24) is 20.1 Å². The van der Waals surface area contributed by atoms with Crippen molar-refractivity contribution in [2.75, 3.05) is 31.4 Å². The minimum Gasteiger partial charge on any atom is -0.497 e. The molecule has 1 unspecified atom stereocenters. The number of nitrogens with one attached hydrogen (secondary N) is 1. The maximum Gasteiger partial charge on any atom is 0.240 e. The van der Waals surface area contributed by atoms with E-state index in [-0.39, 0.29) is 29.4 Å². The molecule has 2 aromatic carbocycles. The predicted octanol–water partition coefficient (Wildman–Crippen LogP) is 3.98. The second kappa shape index (κ2) is 11.6. The molecule has 5 rings (SSSR count). The maximum absolute atomic E-state index is 13.6. The zero-order valence-corrected chi connectivity index (χ0v) is 22.8. The van der Waals surface area contributed by atoms with Crippen LogP contribution in [0.3, 0.4) is 0 Å². The van der Waals surface area contributed by atoms with Crippen molar-refractivity contribution < 1.29 is 19.1 Å². The van der Waals surface area contributed by atoms with E-state index in [2.05, 4.69) is 10.3 Å². The monoisotopic (exact) mass is 543 g/mol. The Morgan fingerprint density at radius 3 is 2.64 bits per heavy atom. The minimum absolute atomic E-state index is 0.137. The third-order valence-electron chi connectivity index (χ3n) is 6.53. The van der Waals surface area contributed by atoms with Gasteiger partial charge in [-0.1, -0.05) is 36.4 Å². The average Bonchev–Trinajstić information content (AvgIpc) is 3.24. The van der Waals surface area contributed by atoms with Crippen molar-refractivity contribution in [1.29, 1.82) is 0 Å². The number of benzene rings is 2. The summed E-state index contributed by atoms with van der Waals surface area (Å²) in [5.41, 5.74) is 4.24. The molecule has 9 nitrogen and oxygen atoms in total. The summed E-state index contributed by atoms with van der Waals surface area (Å²) in [4.78, 5) is 32.3. The number of thioether (sulfide) groups is 1. The van der Waals surface area contributed by atoms with Gasteiger partial charge in [-0.15, -0.1) is 11.8 Å². The molecule has 4 aromatic rings. The molecule has 1 aliphatic rings. The van der Waals surface area contributed by atoms with E-state index < -0.39 is 0 Å². The number of carbonyl (C=O) groups is 2. The van der Waals surface area contributed by atoms with Gasteiger partial charge in [-0.25, -0.2) is 0 Å². The smallest absolute Gasteiger partial charge is 0.240 e. The zero-order chi connectivity index (χ0) is 27.4. The molecule has 2 aromatic heterocycles. The van der Waals surface area contributed by atoms with Gasteiger partial charge >= 0.3 is 0 Å². The molecule has 0 radical (unpaired) electrons. The molecule has 200 valence electrons. The van der Waals surface area contributed by atoms with Crippen LogP contribution in [-0.4, -0.2) is 53.1 Å². The number of pyridine rings is 1. The van der Waals surface area contributed by atoms with E-state index in [1.54, 1.807) is 38.3 Å². The van der Waals surface area contributed by atoms with Gasteiger partial charge in [0.25, 0.3) is 0 Å². The molecule has 0 bridgehead atoms. The second-order valence-electron chi connectivity index (χ2n) is 8.99. The molecule has 10 heteroatoms.